The van der Waals surface area contributed by atoms with Crippen molar-refractivity contribution in [2.45, 2.75) is 51.6 Å². The molecule has 0 atom stereocenters. The highest BCUT2D eigenvalue weighted by Crippen LogP contribution is 2.13. The van der Waals surface area contributed by atoms with Crippen LogP contribution in [0.1, 0.15) is 39.5 Å². The van der Waals surface area contributed by atoms with Crippen LogP contribution < -0.4 is 5.32 Å². The molecule has 19 heavy (non-hydrogen) atoms. The number of nitrogens with zero attached hydrogens (tertiary/aromatic N) is 2. The summed E-state index contributed by atoms with van der Waals surface area (Å²) in [5, 5.41) is 3.07. The van der Waals surface area contributed by atoms with Crippen LogP contribution in [0.2, 0.25) is 0 Å². The summed E-state index contributed by atoms with van der Waals surface area (Å²) in [6.07, 6.45) is 3.51. The van der Waals surface area contributed by atoms with E-state index in [0.29, 0.717) is 12.5 Å². The van der Waals surface area contributed by atoms with Crippen LogP contribution in [0.4, 0.5) is 0 Å². The van der Waals surface area contributed by atoms with Crippen molar-refractivity contribution in [1.29, 1.82) is 0 Å². The Bertz CT molecular complexity index is 336. The Morgan fingerprint density at radius 2 is 2.00 bits per heavy atom. The second-order valence-electron chi connectivity index (χ2n) is 5.89. The first-order valence-electron chi connectivity index (χ1n) is 7.37. The lowest BCUT2D eigenvalue weighted by molar-refractivity contribution is -0.133. The fourth-order valence-electron chi connectivity index (χ4n) is 2.88. The zero-order valence-corrected chi connectivity index (χ0v) is 12.0. The average Bonchev–Trinajstić information content (AvgIpc) is 2.75. The Kier molecular flexibility index (Phi) is 4.80. The van der Waals surface area contributed by atoms with Crippen LogP contribution in [0.25, 0.3) is 0 Å². The number of hydrogen-bond acceptors (Lipinski definition) is 3. The normalized spacial score (nSPS) is 22.3. The van der Waals surface area contributed by atoms with Crippen LogP contribution in [0, 0.1) is 0 Å². The Morgan fingerprint density at radius 3 is 2.53 bits per heavy atom. The summed E-state index contributed by atoms with van der Waals surface area (Å²) in [5.74, 6) is 0.114. The van der Waals surface area contributed by atoms with Crippen LogP contribution in [-0.4, -0.2) is 59.9 Å². The van der Waals surface area contributed by atoms with E-state index in [-0.39, 0.29) is 24.4 Å². The summed E-state index contributed by atoms with van der Waals surface area (Å²) in [6.45, 7) is 7.48. The summed E-state index contributed by atoms with van der Waals surface area (Å²) in [6, 6.07) is 0.860. The van der Waals surface area contributed by atoms with Crippen molar-refractivity contribution in [1.82, 2.24) is 15.1 Å². The molecule has 108 valence electrons. The minimum Gasteiger partial charge on any atom is -0.352 e. The van der Waals surface area contributed by atoms with Gasteiger partial charge in [-0.05, 0) is 33.1 Å². The van der Waals surface area contributed by atoms with Gasteiger partial charge in [0.1, 0.15) is 0 Å². The molecule has 0 saturated carbocycles. The van der Waals surface area contributed by atoms with E-state index in [1.165, 1.54) is 0 Å². The van der Waals surface area contributed by atoms with Gasteiger partial charge in [-0.15, -0.1) is 0 Å². The molecule has 2 aliphatic heterocycles. The minimum atomic E-state index is -0.00162. The molecular weight excluding hydrogens is 242 g/mol. The van der Waals surface area contributed by atoms with Crippen molar-refractivity contribution >= 4 is 11.8 Å². The van der Waals surface area contributed by atoms with E-state index in [1.54, 1.807) is 4.90 Å². The van der Waals surface area contributed by atoms with Crippen molar-refractivity contribution in [2.75, 3.05) is 26.2 Å². The third-order valence-corrected chi connectivity index (χ3v) is 4.13. The number of likely N-dealkylation sites (tertiary alicyclic amines) is 2. The highest BCUT2D eigenvalue weighted by atomic mass is 16.2. The molecule has 2 heterocycles. The van der Waals surface area contributed by atoms with Crippen LogP contribution in [0.5, 0.6) is 0 Å². The highest BCUT2D eigenvalue weighted by molar-refractivity contribution is 5.85. The van der Waals surface area contributed by atoms with E-state index < -0.39 is 0 Å². The number of hydrogen-bond donors (Lipinski definition) is 1. The second kappa shape index (κ2) is 6.37. The fraction of sp³-hybridized carbons (Fsp3) is 0.857. The largest absolute Gasteiger partial charge is 0.352 e. The van der Waals surface area contributed by atoms with E-state index >= 15 is 0 Å². The van der Waals surface area contributed by atoms with Crippen molar-refractivity contribution in [2.24, 2.45) is 0 Å². The van der Waals surface area contributed by atoms with Gasteiger partial charge in [-0.25, -0.2) is 0 Å². The summed E-state index contributed by atoms with van der Waals surface area (Å²) in [7, 11) is 0. The Morgan fingerprint density at radius 1 is 1.32 bits per heavy atom. The molecule has 2 rings (SSSR count). The molecule has 0 radical (unpaired) electrons. The molecule has 0 bridgehead atoms. The molecule has 1 N–H and O–H groups in total. The van der Waals surface area contributed by atoms with Crippen molar-refractivity contribution < 1.29 is 9.59 Å². The Labute approximate surface area is 115 Å². The van der Waals surface area contributed by atoms with Gasteiger partial charge in [0.2, 0.25) is 11.8 Å². The molecule has 2 saturated heterocycles. The van der Waals surface area contributed by atoms with Gasteiger partial charge in [0, 0.05) is 38.1 Å². The van der Waals surface area contributed by atoms with Crippen LogP contribution >= 0.6 is 0 Å². The van der Waals surface area contributed by atoms with Crippen LogP contribution in [0.3, 0.4) is 0 Å². The molecule has 0 unspecified atom stereocenters. The van der Waals surface area contributed by atoms with Crippen LogP contribution in [-0.2, 0) is 9.59 Å². The maximum absolute atomic E-state index is 11.9. The van der Waals surface area contributed by atoms with Crippen LogP contribution in [0.15, 0.2) is 0 Å². The number of amides is 2. The highest BCUT2D eigenvalue weighted by Gasteiger charge is 2.25. The molecular formula is C14H25N3O2. The molecule has 5 heteroatoms. The third-order valence-electron chi connectivity index (χ3n) is 4.13. The zero-order valence-electron chi connectivity index (χ0n) is 12.0. The smallest absolute Gasteiger partial charge is 0.239 e. The van der Waals surface area contributed by atoms with Gasteiger partial charge in [-0.2, -0.15) is 0 Å². The van der Waals surface area contributed by atoms with Gasteiger partial charge < -0.3 is 15.1 Å². The predicted octanol–water partition coefficient (Wildman–Crippen LogP) is 0.598. The van der Waals surface area contributed by atoms with Gasteiger partial charge in [0.05, 0.1) is 6.54 Å². The number of nitrogens with one attached hydrogen (secondary N) is 1. The quantitative estimate of drug-likeness (QED) is 0.811. The first-order valence-corrected chi connectivity index (χ1v) is 7.37. The molecule has 0 aliphatic carbocycles. The van der Waals surface area contributed by atoms with E-state index in [4.69, 9.17) is 0 Å². The number of carbonyl (C=O) groups is 2. The maximum Gasteiger partial charge on any atom is 0.239 e. The third kappa shape index (κ3) is 3.93. The molecule has 2 amide bonds. The first-order chi connectivity index (χ1) is 9.06. The first kappa shape index (κ1) is 14.3. The molecule has 2 fully saturated rings. The van der Waals surface area contributed by atoms with E-state index in [9.17, 15) is 9.59 Å². The molecule has 2 aliphatic rings. The molecule has 0 spiro atoms. The molecule has 0 aromatic carbocycles. The SMILES string of the molecule is CC(C)N1CCC(NC(=O)CN2CCCC2=O)CC1. The minimum absolute atomic E-state index is 0.00162. The summed E-state index contributed by atoms with van der Waals surface area (Å²) >= 11 is 0. The van der Waals surface area contributed by atoms with Crippen molar-refractivity contribution in [3.63, 3.8) is 0 Å². The second-order valence-corrected chi connectivity index (χ2v) is 5.89. The lowest BCUT2D eigenvalue weighted by Gasteiger charge is -2.35. The lowest BCUT2D eigenvalue weighted by Crippen LogP contribution is -2.48. The molecule has 0 aromatic rings. The summed E-state index contributed by atoms with van der Waals surface area (Å²) in [4.78, 5) is 27.5. The zero-order chi connectivity index (χ0) is 13.8. The predicted molar refractivity (Wildman–Crippen MR) is 73.7 cm³/mol. The monoisotopic (exact) mass is 267 g/mol. The topological polar surface area (TPSA) is 52.7 Å². The Balaban J connectivity index is 1.70. The van der Waals surface area contributed by atoms with Gasteiger partial charge in [-0.3, -0.25) is 9.59 Å². The van der Waals surface area contributed by atoms with Gasteiger partial charge in [0.25, 0.3) is 0 Å². The van der Waals surface area contributed by atoms with E-state index in [2.05, 4.69) is 24.1 Å². The molecule has 5 nitrogen and oxygen atoms in total. The molecule has 0 aromatic heterocycles. The van der Waals surface area contributed by atoms with Crippen molar-refractivity contribution in [3.8, 4) is 0 Å². The van der Waals surface area contributed by atoms with Gasteiger partial charge in [-0.1, -0.05) is 0 Å². The Hall–Kier alpha value is -1.10. The van der Waals surface area contributed by atoms with Gasteiger partial charge >= 0.3 is 0 Å². The van der Waals surface area contributed by atoms with E-state index in [0.717, 1.165) is 38.9 Å². The summed E-state index contributed by atoms with van der Waals surface area (Å²) in [5.41, 5.74) is 0. The van der Waals surface area contributed by atoms with Gasteiger partial charge in [0.15, 0.2) is 0 Å². The standard InChI is InChI=1S/C14H25N3O2/c1-11(2)16-8-5-12(6-9-16)15-13(18)10-17-7-3-4-14(17)19/h11-12H,3-10H2,1-2H3,(H,15,18). The summed E-state index contributed by atoms with van der Waals surface area (Å²) < 4.78 is 0. The average molecular weight is 267 g/mol. The van der Waals surface area contributed by atoms with E-state index in [1.807, 2.05) is 0 Å². The number of carbonyl (C=O) groups excluding carboxylic acids is 2. The number of piperidine rings is 1. The van der Waals surface area contributed by atoms with Crippen molar-refractivity contribution in [3.05, 3.63) is 0 Å². The maximum atomic E-state index is 11.9. The fourth-order valence-corrected chi connectivity index (χ4v) is 2.88. The lowest BCUT2D eigenvalue weighted by atomic mass is 10.0. The number of rotatable bonds is 4.